The molecule has 2 rings (SSSR count). The maximum atomic E-state index is 5.09. The highest BCUT2D eigenvalue weighted by molar-refractivity contribution is 4.87. The summed E-state index contributed by atoms with van der Waals surface area (Å²) in [6.07, 6.45) is 8.79. The lowest BCUT2D eigenvalue weighted by Crippen LogP contribution is -2.39. The van der Waals surface area contributed by atoms with Crippen molar-refractivity contribution in [1.29, 1.82) is 0 Å². The van der Waals surface area contributed by atoms with Crippen molar-refractivity contribution in [2.45, 2.75) is 44.6 Å². The van der Waals surface area contributed by atoms with Crippen LogP contribution in [0.2, 0.25) is 0 Å². The third-order valence-electron chi connectivity index (χ3n) is 4.61. The van der Waals surface area contributed by atoms with Crippen LogP contribution >= 0.6 is 0 Å². The van der Waals surface area contributed by atoms with Gasteiger partial charge in [-0.1, -0.05) is 12.8 Å². The first kappa shape index (κ1) is 14.3. The number of nitrogens with zero attached hydrogens (tertiary/aromatic N) is 1. The van der Waals surface area contributed by atoms with Crippen molar-refractivity contribution in [2.24, 2.45) is 11.8 Å². The van der Waals surface area contributed by atoms with Gasteiger partial charge in [-0.3, -0.25) is 0 Å². The maximum absolute atomic E-state index is 5.09. The van der Waals surface area contributed by atoms with Gasteiger partial charge in [0.25, 0.3) is 0 Å². The minimum absolute atomic E-state index is 0.792. The number of hydrogen-bond acceptors (Lipinski definition) is 3. The van der Waals surface area contributed by atoms with E-state index >= 15 is 0 Å². The van der Waals surface area contributed by atoms with Gasteiger partial charge in [0.1, 0.15) is 0 Å². The number of methoxy groups -OCH3 is 1. The fraction of sp³-hybridized carbons (Fsp3) is 1.00. The van der Waals surface area contributed by atoms with E-state index < -0.39 is 0 Å². The predicted molar refractivity (Wildman–Crippen MR) is 75.8 cm³/mol. The van der Waals surface area contributed by atoms with Crippen LogP contribution in [0, 0.1) is 11.8 Å². The standard InChI is InChI=1S/C15H30N2O/c1-17(10-11-18-2)9-8-16-15-5-3-4-14(12-15)13-6-7-13/h13-16H,3-12H2,1-2H3. The van der Waals surface area contributed by atoms with Gasteiger partial charge in [0.15, 0.2) is 0 Å². The Balaban J connectivity index is 1.55. The van der Waals surface area contributed by atoms with Crippen LogP contribution in [0.5, 0.6) is 0 Å². The van der Waals surface area contributed by atoms with Crippen molar-refractivity contribution in [1.82, 2.24) is 10.2 Å². The molecule has 0 saturated heterocycles. The molecular formula is C15H30N2O. The quantitative estimate of drug-likeness (QED) is 0.718. The second-order valence-electron chi connectivity index (χ2n) is 6.21. The molecule has 0 aromatic carbocycles. The van der Waals surface area contributed by atoms with Gasteiger partial charge >= 0.3 is 0 Å². The highest BCUT2D eigenvalue weighted by Crippen LogP contribution is 2.43. The van der Waals surface area contributed by atoms with Crippen LogP contribution in [-0.4, -0.2) is 51.3 Å². The van der Waals surface area contributed by atoms with Gasteiger partial charge < -0.3 is 15.0 Å². The molecule has 0 heterocycles. The lowest BCUT2D eigenvalue weighted by molar-refractivity contribution is 0.160. The molecule has 0 spiro atoms. The second kappa shape index (κ2) is 7.46. The smallest absolute Gasteiger partial charge is 0.0589 e. The van der Waals surface area contributed by atoms with Crippen LogP contribution in [0.4, 0.5) is 0 Å². The Morgan fingerprint density at radius 3 is 2.67 bits per heavy atom. The molecule has 2 fully saturated rings. The number of ether oxygens (including phenoxy) is 1. The van der Waals surface area contributed by atoms with Gasteiger partial charge in [-0.25, -0.2) is 0 Å². The monoisotopic (exact) mass is 254 g/mol. The molecule has 0 amide bonds. The van der Waals surface area contributed by atoms with Crippen LogP contribution in [0.25, 0.3) is 0 Å². The highest BCUT2D eigenvalue weighted by atomic mass is 16.5. The SMILES string of the molecule is COCCN(C)CCNC1CCCC(C2CC2)C1. The summed E-state index contributed by atoms with van der Waals surface area (Å²) in [6, 6.07) is 0.792. The fourth-order valence-electron chi connectivity index (χ4n) is 3.23. The zero-order valence-corrected chi connectivity index (χ0v) is 12.2. The summed E-state index contributed by atoms with van der Waals surface area (Å²) in [6.45, 7) is 4.13. The van der Waals surface area contributed by atoms with Crippen LogP contribution in [0.15, 0.2) is 0 Å². The zero-order chi connectivity index (χ0) is 12.8. The van der Waals surface area contributed by atoms with E-state index in [0.29, 0.717) is 0 Å². The predicted octanol–water partition coefficient (Wildman–Crippen LogP) is 2.12. The van der Waals surface area contributed by atoms with E-state index in [1.54, 1.807) is 7.11 Å². The Kier molecular flexibility index (Phi) is 5.93. The molecule has 3 heteroatoms. The third kappa shape index (κ3) is 4.87. The summed E-state index contributed by atoms with van der Waals surface area (Å²) < 4.78 is 5.09. The molecule has 0 aromatic rings. The third-order valence-corrected chi connectivity index (χ3v) is 4.61. The first-order chi connectivity index (χ1) is 8.79. The van der Waals surface area contributed by atoms with Gasteiger partial charge in [-0.05, 0) is 44.6 Å². The average molecular weight is 254 g/mol. The molecule has 1 N–H and O–H groups in total. The summed E-state index contributed by atoms with van der Waals surface area (Å²) in [7, 11) is 3.95. The second-order valence-corrected chi connectivity index (χ2v) is 6.21. The van der Waals surface area contributed by atoms with E-state index in [1.165, 1.54) is 38.5 Å². The molecule has 2 atom stereocenters. The Labute approximate surface area is 112 Å². The van der Waals surface area contributed by atoms with Crippen LogP contribution in [0.3, 0.4) is 0 Å². The van der Waals surface area contributed by atoms with Crippen LogP contribution in [-0.2, 0) is 4.74 Å². The summed E-state index contributed by atoms with van der Waals surface area (Å²) >= 11 is 0. The van der Waals surface area contributed by atoms with Crippen molar-refractivity contribution in [3.8, 4) is 0 Å². The van der Waals surface area contributed by atoms with E-state index in [4.69, 9.17) is 4.74 Å². The van der Waals surface area contributed by atoms with Gasteiger partial charge in [-0.2, -0.15) is 0 Å². The van der Waals surface area contributed by atoms with Gasteiger partial charge in [0.2, 0.25) is 0 Å². The molecule has 0 radical (unpaired) electrons. The molecule has 2 saturated carbocycles. The molecule has 0 aliphatic heterocycles. The van der Waals surface area contributed by atoms with E-state index in [2.05, 4.69) is 17.3 Å². The van der Waals surface area contributed by atoms with Crippen molar-refractivity contribution < 1.29 is 4.74 Å². The Hall–Kier alpha value is -0.120. The van der Waals surface area contributed by atoms with Crippen LogP contribution < -0.4 is 5.32 Å². The lowest BCUT2D eigenvalue weighted by atomic mass is 9.83. The first-order valence-electron chi connectivity index (χ1n) is 7.70. The molecular weight excluding hydrogens is 224 g/mol. The van der Waals surface area contributed by atoms with Crippen molar-refractivity contribution in [2.75, 3.05) is 40.4 Å². The Morgan fingerprint density at radius 2 is 1.94 bits per heavy atom. The summed E-state index contributed by atoms with van der Waals surface area (Å²) in [5.74, 6) is 2.14. The van der Waals surface area contributed by atoms with Crippen molar-refractivity contribution in [3.05, 3.63) is 0 Å². The normalized spacial score (nSPS) is 28.8. The lowest BCUT2D eigenvalue weighted by Gasteiger charge is -2.30. The largest absolute Gasteiger partial charge is 0.383 e. The maximum Gasteiger partial charge on any atom is 0.0589 e. The zero-order valence-electron chi connectivity index (χ0n) is 12.2. The Morgan fingerprint density at radius 1 is 1.11 bits per heavy atom. The molecule has 2 unspecified atom stereocenters. The molecule has 3 nitrogen and oxygen atoms in total. The number of likely N-dealkylation sites (N-methyl/N-ethyl adjacent to an activating group) is 1. The van der Waals surface area contributed by atoms with E-state index in [0.717, 1.165) is 44.1 Å². The van der Waals surface area contributed by atoms with Gasteiger partial charge in [0.05, 0.1) is 6.61 Å². The van der Waals surface area contributed by atoms with Gasteiger partial charge in [-0.15, -0.1) is 0 Å². The van der Waals surface area contributed by atoms with E-state index in [-0.39, 0.29) is 0 Å². The minimum atomic E-state index is 0.792. The number of nitrogens with one attached hydrogen (secondary N) is 1. The fourth-order valence-corrected chi connectivity index (χ4v) is 3.23. The number of rotatable bonds is 8. The average Bonchev–Trinajstić information content (AvgIpc) is 3.21. The number of hydrogen-bond donors (Lipinski definition) is 1. The highest BCUT2D eigenvalue weighted by Gasteiger charge is 2.34. The van der Waals surface area contributed by atoms with E-state index in [9.17, 15) is 0 Å². The first-order valence-corrected chi connectivity index (χ1v) is 7.70. The van der Waals surface area contributed by atoms with Crippen LogP contribution in [0.1, 0.15) is 38.5 Å². The summed E-state index contributed by atoms with van der Waals surface area (Å²) in [4.78, 5) is 2.34. The topological polar surface area (TPSA) is 24.5 Å². The molecule has 0 aromatic heterocycles. The minimum Gasteiger partial charge on any atom is -0.383 e. The molecule has 106 valence electrons. The van der Waals surface area contributed by atoms with Crippen molar-refractivity contribution in [3.63, 3.8) is 0 Å². The summed E-state index contributed by atoms with van der Waals surface area (Å²) in [5.41, 5.74) is 0. The molecule has 2 aliphatic rings. The van der Waals surface area contributed by atoms with E-state index in [1.807, 2.05) is 0 Å². The molecule has 2 aliphatic carbocycles. The molecule has 0 bridgehead atoms. The molecule has 18 heavy (non-hydrogen) atoms. The summed E-state index contributed by atoms with van der Waals surface area (Å²) in [5, 5.41) is 3.76. The Bertz CT molecular complexity index is 231. The van der Waals surface area contributed by atoms with Gasteiger partial charge in [0, 0.05) is 32.8 Å². The van der Waals surface area contributed by atoms with Crippen molar-refractivity contribution >= 4 is 0 Å².